The van der Waals surface area contributed by atoms with E-state index in [0.717, 1.165) is 11.0 Å². The van der Waals surface area contributed by atoms with Crippen molar-refractivity contribution in [2.75, 3.05) is 6.54 Å². The van der Waals surface area contributed by atoms with Gasteiger partial charge in [0.15, 0.2) is 5.82 Å². The fourth-order valence-electron chi connectivity index (χ4n) is 2.86. The molecule has 0 saturated heterocycles. The molecule has 8 nitrogen and oxygen atoms in total. The van der Waals surface area contributed by atoms with Gasteiger partial charge < -0.3 is 4.90 Å². The second-order valence-electron chi connectivity index (χ2n) is 6.30. The number of benzene rings is 1. The van der Waals surface area contributed by atoms with E-state index in [1.807, 2.05) is 0 Å². The van der Waals surface area contributed by atoms with E-state index < -0.39 is 23.7 Å². The zero-order valence-electron chi connectivity index (χ0n) is 16.1. The Hall–Kier alpha value is -4.25. The first-order chi connectivity index (χ1) is 14.8. The summed E-state index contributed by atoms with van der Waals surface area (Å²) < 4.78 is 41.0. The number of carbonyl (C=O) groups is 1. The quantitative estimate of drug-likeness (QED) is 0.583. The average Bonchev–Trinajstić information content (AvgIpc) is 3.26. The van der Waals surface area contributed by atoms with Crippen LogP contribution in [0.4, 0.5) is 13.2 Å². The van der Waals surface area contributed by atoms with E-state index in [-0.39, 0.29) is 29.4 Å². The molecule has 11 heteroatoms. The van der Waals surface area contributed by atoms with Gasteiger partial charge in [0, 0.05) is 18.0 Å². The highest BCUT2D eigenvalue weighted by atomic mass is 19.4. The molecule has 31 heavy (non-hydrogen) atoms. The Labute approximate surface area is 175 Å². The summed E-state index contributed by atoms with van der Waals surface area (Å²) >= 11 is 0. The summed E-state index contributed by atoms with van der Waals surface area (Å²) in [5.41, 5.74) is -1.73. The Kier molecular flexibility index (Phi) is 5.97. The summed E-state index contributed by atoms with van der Waals surface area (Å²) in [4.78, 5) is 26.6. The van der Waals surface area contributed by atoms with Gasteiger partial charge in [0.1, 0.15) is 6.33 Å². The Balaban J connectivity index is 2.03. The molecule has 2 aromatic heterocycles. The van der Waals surface area contributed by atoms with Crippen LogP contribution in [0.15, 0.2) is 43.0 Å². The topological polar surface area (TPSA) is 101 Å². The Morgan fingerprint density at radius 3 is 2.58 bits per heavy atom. The molecule has 0 bridgehead atoms. The number of rotatable bonds is 5. The maximum absolute atomic E-state index is 13.2. The fourth-order valence-corrected chi connectivity index (χ4v) is 2.86. The maximum atomic E-state index is 13.2. The number of nitriles is 1. The van der Waals surface area contributed by atoms with Crippen LogP contribution in [0.1, 0.15) is 40.3 Å². The lowest BCUT2D eigenvalue weighted by Crippen LogP contribution is -2.35. The first kappa shape index (κ1) is 21.5. The third-order valence-corrected chi connectivity index (χ3v) is 4.32. The minimum absolute atomic E-state index is 0.195. The van der Waals surface area contributed by atoms with Gasteiger partial charge in [-0.25, -0.2) is 15.0 Å². The normalized spacial score (nSPS) is 11.9. The Morgan fingerprint density at radius 1 is 1.26 bits per heavy atom. The molecule has 0 N–H and O–H groups in total. The van der Waals surface area contributed by atoms with E-state index in [1.54, 1.807) is 19.1 Å². The zero-order chi connectivity index (χ0) is 22.6. The van der Waals surface area contributed by atoms with E-state index in [4.69, 9.17) is 11.7 Å². The largest absolute Gasteiger partial charge is 0.416 e. The number of halogens is 3. The lowest BCUT2D eigenvalue weighted by molar-refractivity contribution is -0.137. The third kappa shape index (κ3) is 4.51. The number of amides is 1. The predicted molar refractivity (Wildman–Crippen MR) is 101 cm³/mol. The van der Waals surface area contributed by atoms with Crippen LogP contribution in [-0.4, -0.2) is 42.1 Å². The molecule has 0 fully saturated rings. The fraction of sp³-hybridized carbons (Fsp3) is 0.200. The highest BCUT2D eigenvalue weighted by molar-refractivity contribution is 5.95. The monoisotopic (exact) mass is 425 g/mol. The van der Waals surface area contributed by atoms with Gasteiger partial charge in [0.05, 0.1) is 29.8 Å². The molecule has 3 aromatic rings. The van der Waals surface area contributed by atoms with Crippen molar-refractivity contribution in [1.29, 1.82) is 5.26 Å². The summed E-state index contributed by atoms with van der Waals surface area (Å²) in [6, 6.07) is 4.89. The molecule has 2 heterocycles. The predicted octanol–water partition coefficient (Wildman–Crippen LogP) is 2.78. The van der Waals surface area contributed by atoms with Crippen LogP contribution in [-0.2, 0) is 6.18 Å². The lowest BCUT2D eigenvalue weighted by atomic mass is 10.0. The summed E-state index contributed by atoms with van der Waals surface area (Å²) in [6.07, 6.45) is 4.89. The van der Waals surface area contributed by atoms with Crippen LogP contribution < -0.4 is 0 Å². The number of aromatic nitrogens is 5. The molecular formula is C20H14F3N7O. The van der Waals surface area contributed by atoms with Crippen molar-refractivity contribution in [3.05, 3.63) is 65.5 Å². The SMILES string of the molecule is C#CCN(C(=O)c1cc(C#N)cc(C(F)(F)F)c1)C(C)c1ncnn1-c1ncccn1. The lowest BCUT2D eigenvalue weighted by Gasteiger charge is -2.27. The molecule has 1 aromatic carbocycles. The van der Waals surface area contributed by atoms with Crippen LogP contribution in [0, 0.1) is 23.7 Å². The van der Waals surface area contributed by atoms with Crippen LogP contribution in [0.5, 0.6) is 0 Å². The number of alkyl halides is 3. The average molecular weight is 425 g/mol. The molecule has 0 aliphatic rings. The molecule has 0 saturated carbocycles. The van der Waals surface area contributed by atoms with Crippen molar-refractivity contribution in [2.24, 2.45) is 0 Å². The number of hydrogen-bond donors (Lipinski definition) is 0. The summed E-state index contributed by atoms with van der Waals surface area (Å²) in [7, 11) is 0. The van der Waals surface area contributed by atoms with Crippen LogP contribution in [0.2, 0.25) is 0 Å². The summed E-state index contributed by atoms with van der Waals surface area (Å²) in [5, 5.41) is 13.1. The van der Waals surface area contributed by atoms with E-state index in [1.165, 1.54) is 23.4 Å². The highest BCUT2D eigenvalue weighted by Crippen LogP contribution is 2.31. The number of carbonyl (C=O) groups excluding carboxylic acids is 1. The standard InChI is InChI=1S/C20H14F3N7O/c1-3-7-29(13(2)17-27-12-28-30(17)19-25-5-4-6-26-19)18(31)15-8-14(11-24)9-16(10-15)20(21,22)23/h1,4-6,8-10,12-13H,7H2,2H3. The van der Waals surface area contributed by atoms with Gasteiger partial charge >= 0.3 is 6.18 Å². The van der Waals surface area contributed by atoms with Gasteiger partial charge in [-0.1, -0.05) is 5.92 Å². The second-order valence-corrected chi connectivity index (χ2v) is 6.30. The third-order valence-electron chi connectivity index (χ3n) is 4.32. The Bertz CT molecular complexity index is 1180. The molecule has 0 aliphatic carbocycles. The minimum Gasteiger partial charge on any atom is -0.318 e. The number of nitrogens with zero attached hydrogens (tertiary/aromatic N) is 7. The first-order valence-electron chi connectivity index (χ1n) is 8.80. The van der Waals surface area contributed by atoms with Gasteiger partial charge in [-0.2, -0.15) is 28.2 Å². The van der Waals surface area contributed by atoms with Gasteiger partial charge in [-0.15, -0.1) is 6.42 Å². The molecule has 1 amide bonds. The van der Waals surface area contributed by atoms with Gasteiger partial charge in [-0.05, 0) is 31.2 Å². The van der Waals surface area contributed by atoms with Gasteiger partial charge in [0.2, 0.25) is 0 Å². The van der Waals surface area contributed by atoms with Crippen LogP contribution in [0.25, 0.3) is 5.95 Å². The minimum atomic E-state index is -4.73. The van der Waals surface area contributed by atoms with Crippen molar-refractivity contribution >= 4 is 5.91 Å². The number of terminal acetylenes is 1. The highest BCUT2D eigenvalue weighted by Gasteiger charge is 2.33. The smallest absolute Gasteiger partial charge is 0.318 e. The molecule has 156 valence electrons. The van der Waals surface area contributed by atoms with Gasteiger partial charge in [-0.3, -0.25) is 4.79 Å². The zero-order valence-corrected chi connectivity index (χ0v) is 16.1. The van der Waals surface area contributed by atoms with E-state index in [2.05, 4.69) is 26.0 Å². The summed E-state index contributed by atoms with van der Waals surface area (Å²) in [6.45, 7) is 1.37. The van der Waals surface area contributed by atoms with E-state index >= 15 is 0 Å². The van der Waals surface area contributed by atoms with Crippen molar-refractivity contribution < 1.29 is 18.0 Å². The molecule has 1 atom stereocenters. The maximum Gasteiger partial charge on any atom is 0.416 e. The van der Waals surface area contributed by atoms with Crippen molar-refractivity contribution in [3.8, 4) is 24.4 Å². The second kappa shape index (κ2) is 8.63. The van der Waals surface area contributed by atoms with Crippen molar-refractivity contribution in [3.63, 3.8) is 0 Å². The molecule has 0 radical (unpaired) electrons. The first-order valence-corrected chi connectivity index (χ1v) is 8.80. The molecule has 3 rings (SSSR count). The van der Waals surface area contributed by atoms with Crippen molar-refractivity contribution in [1.82, 2.24) is 29.6 Å². The molecule has 1 unspecified atom stereocenters. The number of hydrogen-bond acceptors (Lipinski definition) is 6. The molecule has 0 aliphatic heterocycles. The molecule has 0 spiro atoms. The molecular weight excluding hydrogens is 411 g/mol. The van der Waals surface area contributed by atoms with E-state index in [0.29, 0.717) is 12.1 Å². The van der Waals surface area contributed by atoms with Crippen molar-refractivity contribution in [2.45, 2.75) is 19.1 Å². The van der Waals surface area contributed by atoms with Crippen LogP contribution >= 0.6 is 0 Å². The Morgan fingerprint density at radius 2 is 1.97 bits per heavy atom. The summed E-state index contributed by atoms with van der Waals surface area (Å²) in [5.74, 6) is 1.98. The van der Waals surface area contributed by atoms with E-state index in [9.17, 15) is 18.0 Å². The van der Waals surface area contributed by atoms with Gasteiger partial charge in [0.25, 0.3) is 11.9 Å². The van der Waals surface area contributed by atoms with Crippen LogP contribution in [0.3, 0.4) is 0 Å².